The zero-order valence-corrected chi connectivity index (χ0v) is 8.41. The van der Waals surface area contributed by atoms with Crippen LogP contribution >= 0.6 is 0 Å². The van der Waals surface area contributed by atoms with Gasteiger partial charge in [-0.05, 0) is 31.3 Å². The Bertz CT molecular complexity index is 58.5. The molecule has 1 fully saturated rings. The van der Waals surface area contributed by atoms with Gasteiger partial charge in [0.1, 0.15) is 0 Å². The first-order valence-electron chi connectivity index (χ1n) is 4.21. The fourth-order valence-corrected chi connectivity index (χ4v) is 0.625. The molecule has 65 valence electrons. The molecule has 0 unspecified atom stereocenters. The van der Waals surface area contributed by atoms with Crippen LogP contribution in [0.2, 0.25) is 0 Å². The molecule has 0 aromatic carbocycles. The largest absolute Gasteiger partial charge is 0.317 e. The first-order valence-corrected chi connectivity index (χ1v) is 4.21. The highest BCUT2D eigenvalue weighted by atomic mass is 14.9. The van der Waals surface area contributed by atoms with Gasteiger partial charge in [-0.2, -0.15) is 0 Å². The molecule has 11 heavy (non-hydrogen) atoms. The van der Waals surface area contributed by atoms with E-state index >= 15 is 0 Å². The zero-order chi connectivity index (χ0) is 8.04. The molecule has 0 spiro atoms. The molecule has 0 aromatic heterocycles. The standard InChI is InChI=1S/C5H12.C4H9N.B/c1-5(2,3)4;1-2-4-5-3-1;/h1-4H3;5H,1-4H2;. The van der Waals surface area contributed by atoms with E-state index < -0.39 is 0 Å². The summed E-state index contributed by atoms with van der Waals surface area (Å²) in [6.07, 6.45) is 2.78. The summed E-state index contributed by atoms with van der Waals surface area (Å²) in [5.41, 5.74) is 0.500. The zero-order valence-electron chi connectivity index (χ0n) is 8.41. The Hall–Kier alpha value is 0.0249. The molecule has 0 amide bonds. The van der Waals surface area contributed by atoms with Crippen LogP contribution in [-0.4, -0.2) is 21.5 Å². The van der Waals surface area contributed by atoms with E-state index in [4.69, 9.17) is 0 Å². The van der Waals surface area contributed by atoms with Crippen LogP contribution in [0.15, 0.2) is 0 Å². The van der Waals surface area contributed by atoms with Crippen molar-refractivity contribution in [2.45, 2.75) is 40.5 Å². The van der Waals surface area contributed by atoms with Gasteiger partial charge in [0.15, 0.2) is 0 Å². The Morgan fingerprint density at radius 3 is 1.27 bits per heavy atom. The molecule has 1 rings (SSSR count). The van der Waals surface area contributed by atoms with E-state index in [-0.39, 0.29) is 8.41 Å². The molecule has 1 saturated heterocycles. The van der Waals surface area contributed by atoms with Crippen molar-refractivity contribution in [3.63, 3.8) is 0 Å². The van der Waals surface area contributed by atoms with Crippen molar-refractivity contribution in [1.82, 2.24) is 5.32 Å². The number of hydrogen-bond donors (Lipinski definition) is 1. The third-order valence-corrected chi connectivity index (χ3v) is 0.957. The average Bonchev–Trinajstić information content (AvgIpc) is 2.07. The number of rotatable bonds is 0. The second kappa shape index (κ2) is 6.72. The van der Waals surface area contributed by atoms with Gasteiger partial charge in [0, 0.05) is 8.41 Å². The van der Waals surface area contributed by atoms with E-state index in [9.17, 15) is 0 Å². The Balaban J connectivity index is 0. The molecule has 0 aromatic rings. The smallest absolute Gasteiger partial charge is 0 e. The molecule has 1 nitrogen and oxygen atoms in total. The van der Waals surface area contributed by atoms with E-state index in [2.05, 4.69) is 33.0 Å². The van der Waals surface area contributed by atoms with Gasteiger partial charge in [0.25, 0.3) is 0 Å². The fraction of sp³-hybridized carbons (Fsp3) is 1.00. The summed E-state index contributed by atoms with van der Waals surface area (Å²) < 4.78 is 0. The highest BCUT2D eigenvalue weighted by Gasteiger charge is 1.95. The highest BCUT2D eigenvalue weighted by Crippen LogP contribution is 2.08. The number of hydrogen-bond acceptors (Lipinski definition) is 1. The van der Waals surface area contributed by atoms with Gasteiger partial charge in [-0.25, -0.2) is 0 Å². The van der Waals surface area contributed by atoms with Gasteiger partial charge in [-0.15, -0.1) is 0 Å². The first kappa shape index (κ1) is 13.6. The van der Waals surface area contributed by atoms with Crippen molar-refractivity contribution in [3.8, 4) is 0 Å². The number of nitrogens with one attached hydrogen (secondary N) is 1. The highest BCUT2D eigenvalue weighted by molar-refractivity contribution is 5.75. The fourth-order valence-electron chi connectivity index (χ4n) is 0.625. The molecular weight excluding hydrogens is 133 g/mol. The maximum absolute atomic E-state index is 3.22. The van der Waals surface area contributed by atoms with E-state index in [1.54, 1.807) is 0 Å². The lowest BCUT2D eigenvalue weighted by atomic mass is 10.0. The molecule has 1 heterocycles. The van der Waals surface area contributed by atoms with Crippen molar-refractivity contribution in [2.24, 2.45) is 5.41 Å². The molecule has 0 saturated carbocycles. The summed E-state index contributed by atoms with van der Waals surface area (Å²) in [6, 6.07) is 0. The Kier molecular flexibility index (Phi) is 8.31. The Labute approximate surface area is 73.5 Å². The van der Waals surface area contributed by atoms with Crippen LogP contribution < -0.4 is 5.32 Å². The second-order valence-electron chi connectivity index (χ2n) is 4.46. The van der Waals surface area contributed by atoms with Gasteiger partial charge in [0.2, 0.25) is 0 Å². The average molecular weight is 154 g/mol. The minimum atomic E-state index is 0. The lowest BCUT2D eigenvalue weighted by molar-refractivity contribution is 0.469. The third kappa shape index (κ3) is 25.6. The van der Waals surface area contributed by atoms with Crippen molar-refractivity contribution >= 4 is 8.41 Å². The summed E-state index contributed by atoms with van der Waals surface area (Å²) in [7, 11) is 0. The Morgan fingerprint density at radius 2 is 1.18 bits per heavy atom. The van der Waals surface area contributed by atoms with Crippen LogP contribution in [0.1, 0.15) is 40.5 Å². The summed E-state index contributed by atoms with van der Waals surface area (Å²) in [4.78, 5) is 0. The molecule has 1 aliphatic rings. The van der Waals surface area contributed by atoms with Crippen LogP contribution in [0, 0.1) is 5.41 Å². The minimum Gasteiger partial charge on any atom is -0.317 e. The van der Waals surface area contributed by atoms with E-state index in [1.165, 1.54) is 25.9 Å². The van der Waals surface area contributed by atoms with E-state index in [0.717, 1.165) is 0 Å². The molecule has 1 aliphatic heterocycles. The van der Waals surface area contributed by atoms with E-state index in [0.29, 0.717) is 5.41 Å². The maximum atomic E-state index is 3.22. The Morgan fingerprint density at radius 1 is 0.909 bits per heavy atom. The topological polar surface area (TPSA) is 12.0 Å². The second-order valence-corrected chi connectivity index (χ2v) is 4.46. The summed E-state index contributed by atoms with van der Waals surface area (Å²) in [6.45, 7) is 11.2. The summed E-state index contributed by atoms with van der Waals surface area (Å²) >= 11 is 0. The van der Waals surface area contributed by atoms with Crippen molar-refractivity contribution in [1.29, 1.82) is 0 Å². The van der Waals surface area contributed by atoms with Crippen molar-refractivity contribution in [3.05, 3.63) is 0 Å². The predicted octanol–water partition coefficient (Wildman–Crippen LogP) is 2.04. The lowest BCUT2D eigenvalue weighted by Gasteiger charge is -2.05. The normalized spacial score (nSPS) is 16.4. The van der Waals surface area contributed by atoms with Gasteiger partial charge >= 0.3 is 0 Å². The van der Waals surface area contributed by atoms with E-state index in [1.807, 2.05) is 0 Å². The minimum absolute atomic E-state index is 0. The molecule has 3 radical (unpaired) electrons. The molecule has 1 N–H and O–H groups in total. The van der Waals surface area contributed by atoms with Crippen LogP contribution in [0.5, 0.6) is 0 Å². The van der Waals surface area contributed by atoms with Crippen LogP contribution in [0.4, 0.5) is 0 Å². The first-order chi connectivity index (χ1) is 4.50. The molecule has 0 bridgehead atoms. The summed E-state index contributed by atoms with van der Waals surface area (Å²) in [5.74, 6) is 0. The molecule has 0 aliphatic carbocycles. The SMILES string of the molecule is C1CCNC1.CC(C)(C)C.[B]. The predicted molar refractivity (Wildman–Crippen MR) is 53.0 cm³/mol. The quantitative estimate of drug-likeness (QED) is 0.526. The monoisotopic (exact) mass is 154 g/mol. The molecule has 2 heteroatoms. The van der Waals surface area contributed by atoms with Gasteiger partial charge in [-0.3, -0.25) is 0 Å². The van der Waals surface area contributed by atoms with Gasteiger partial charge < -0.3 is 5.32 Å². The van der Waals surface area contributed by atoms with Crippen LogP contribution in [0.3, 0.4) is 0 Å². The van der Waals surface area contributed by atoms with Crippen LogP contribution in [-0.2, 0) is 0 Å². The van der Waals surface area contributed by atoms with Gasteiger partial charge in [0.05, 0.1) is 0 Å². The third-order valence-electron chi connectivity index (χ3n) is 0.957. The molecular formula is C9H21BN. The van der Waals surface area contributed by atoms with Crippen LogP contribution in [0.25, 0.3) is 0 Å². The lowest BCUT2D eigenvalue weighted by Crippen LogP contribution is -2.03. The maximum Gasteiger partial charge on any atom is 0 e. The van der Waals surface area contributed by atoms with Gasteiger partial charge in [-0.1, -0.05) is 27.7 Å². The van der Waals surface area contributed by atoms with Crippen molar-refractivity contribution < 1.29 is 0 Å². The summed E-state index contributed by atoms with van der Waals surface area (Å²) in [5, 5.41) is 3.22. The molecule has 0 atom stereocenters. The van der Waals surface area contributed by atoms with Crippen molar-refractivity contribution in [2.75, 3.05) is 13.1 Å².